The Bertz CT molecular complexity index is 705. The van der Waals surface area contributed by atoms with Gasteiger partial charge in [0.05, 0.1) is 11.8 Å². The van der Waals surface area contributed by atoms with E-state index in [2.05, 4.69) is 48.2 Å². The Kier molecular flexibility index (Phi) is 4.37. The van der Waals surface area contributed by atoms with Crippen LogP contribution in [0, 0.1) is 5.92 Å². The van der Waals surface area contributed by atoms with Crippen LogP contribution in [0.2, 0.25) is 0 Å². The molecule has 5 heteroatoms. The first-order valence-electron chi connectivity index (χ1n) is 8.28. The summed E-state index contributed by atoms with van der Waals surface area (Å²) in [6, 6.07) is 6.17. The van der Waals surface area contributed by atoms with E-state index in [0.717, 1.165) is 31.7 Å². The fourth-order valence-electron chi connectivity index (χ4n) is 3.01. The summed E-state index contributed by atoms with van der Waals surface area (Å²) in [5, 5.41) is 7.23. The van der Waals surface area contributed by atoms with Crippen LogP contribution in [0.5, 0.6) is 0 Å². The van der Waals surface area contributed by atoms with Crippen LogP contribution in [0.3, 0.4) is 0 Å². The van der Waals surface area contributed by atoms with Crippen LogP contribution in [0.25, 0.3) is 0 Å². The summed E-state index contributed by atoms with van der Waals surface area (Å²) in [6.07, 6.45) is 4.52. The highest BCUT2D eigenvalue weighted by molar-refractivity contribution is 6.04. The van der Waals surface area contributed by atoms with E-state index in [9.17, 15) is 4.79 Å². The van der Waals surface area contributed by atoms with Crippen molar-refractivity contribution in [3.63, 3.8) is 0 Å². The van der Waals surface area contributed by atoms with Gasteiger partial charge >= 0.3 is 0 Å². The lowest BCUT2D eigenvalue weighted by Crippen LogP contribution is -2.19. The molecule has 0 fully saturated rings. The predicted octanol–water partition coefficient (Wildman–Crippen LogP) is 3.17. The van der Waals surface area contributed by atoms with Gasteiger partial charge in [-0.25, -0.2) is 0 Å². The molecule has 2 heterocycles. The summed E-state index contributed by atoms with van der Waals surface area (Å²) >= 11 is 0. The van der Waals surface area contributed by atoms with Crippen molar-refractivity contribution in [1.29, 1.82) is 0 Å². The fourth-order valence-corrected chi connectivity index (χ4v) is 3.01. The van der Waals surface area contributed by atoms with E-state index in [-0.39, 0.29) is 5.91 Å². The van der Waals surface area contributed by atoms with E-state index in [1.54, 1.807) is 12.4 Å². The summed E-state index contributed by atoms with van der Waals surface area (Å²) in [7, 11) is 0. The maximum atomic E-state index is 12.4. The van der Waals surface area contributed by atoms with Crippen molar-refractivity contribution in [3.8, 4) is 0 Å². The molecule has 0 atom stereocenters. The number of likely N-dealkylation sites (N-methyl/N-ethyl adjacent to an activating group) is 1. The van der Waals surface area contributed by atoms with Gasteiger partial charge in [-0.1, -0.05) is 19.9 Å². The first kappa shape index (κ1) is 15.6. The van der Waals surface area contributed by atoms with E-state index in [4.69, 9.17) is 0 Å². The van der Waals surface area contributed by atoms with E-state index < -0.39 is 0 Å². The highest BCUT2D eigenvalue weighted by Crippen LogP contribution is 2.30. The summed E-state index contributed by atoms with van der Waals surface area (Å²) in [5.41, 5.74) is 4.03. The van der Waals surface area contributed by atoms with Crippen LogP contribution in [0.15, 0.2) is 30.6 Å². The molecule has 1 amide bonds. The van der Waals surface area contributed by atoms with E-state index in [1.807, 2.05) is 10.7 Å². The zero-order valence-corrected chi connectivity index (χ0v) is 14.0. The van der Waals surface area contributed by atoms with E-state index >= 15 is 0 Å². The first-order valence-corrected chi connectivity index (χ1v) is 8.28. The maximum Gasteiger partial charge on any atom is 0.258 e. The summed E-state index contributed by atoms with van der Waals surface area (Å²) in [4.78, 5) is 14.7. The number of fused-ring (bicyclic) bond motifs is 1. The Morgan fingerprint density at radius 1 is 1.39 bits per heavy atom. The van der Waals surface area contributed by atoms with Crippen LogP contribution in [-0.4, -0.2) is 28.8 Å². The Labute approximate surface area is 137 Å². The minimum Gasteiger partial charge on any atom is -0.371 e. The van der Waals surface area contributed by atoms with E-state index in [0.29, 0.717) is 11.5 Å². The minimum absolute atomic E-state index is 0.110. The second kappa shape index (κ2) is 6.44. The van der Waals surface area contributed by atoms with Gasteiger partial charge in [0.15, 0.2) is 0 Å². The monoisotopic (exact) mass is 312 g/mol. The second-order valence-corrected chi connectivity index (χ2v) is 6.47. The topological polar surface area (TPSA) is 50.2 Å². The van der Waals surface area contributed by atoms with Crippen LogP contribution in [0.1, 0.15) is 36.7 Å². The third-order valence-corrected chi connectivity index (χ3v) is 4.16. The zero-order chi connectivity index (χ0) is 16.4. The largest absolute Gasteiger partial charge is 0.371 e. The van der Waals surface area contributed by atoms with Crippen molar-refractivity contribution in [2.45, 2.75) is 33.7 Å². The predicted molar refractivity (Wildman–Crippen MR) is 93.1 cm³/mol. The number of benzene rings is 1. The lowest BCUT2D eigenvalue weighted by molar-refractivity contribution is 0.102. The zero-order valence-electron chi connectivity index (χ0n) is 14.0. The molecule has 1 aromatic heterocycles. The minimum atomic E-state index is -0.110. The van der Waals surface area contributed by atoms with Crippen molar-refractivity contribution in [1.82, 2.24) is 9.78 Å². The number of carbonyl (C=O) groups is 1. The second-order valence-electron chi connectivity index (χ2n) is 6.47. The molecule has 0 aliphatic carbocycles. The maximum absolute atomic E-state index is 12.4. The van der Waals surface area contributed by atoms with Gasteiger partial charge in [-0.15, -0.1) is 0 Å². The van der Waals surface area contributed by atoms with Crippen LogP contribution in [0.4, 0.5) is 11.4 Å². The van der Waals surface area contributed by atoms with Gasteiger partial charge in [-0.2, -0.15) is 5.10 Å². The van der Waals surface area contributed by atoms with Gasteiger partial charge in [0, 0.05) is 37.2 Å². The average Bonchev–Trinajstić information content (AvgIpc) is 3.12. The van der Waals surface area contributed by atoms with Gasteiger partial charge in [-0.05, 0) is 37.0 Å². The van der Waals surface area contributed by atoms with Gasteiger partial charge in [0.2, 0.25) is 0 Å². The molecule has 5 nitrogen and oxygen atoms in total. The number of hydrogen-bond donors (Lipinski definition) is 1. The highest BCUT2D eigenvalue weighted by Gasteiger charge is 2.18. The normalized spacial score (nSPS) is 13.5. The molecule has 2 aromatic rings. The fraction of sp³-hybridized carbons (Fsp3) is 0.444. The molecule has 1 aromatic carbocycles. The van der Waals surface area contributed by atoms with Gasteiger partial charge in [0.1, 0.15) is 0 Å². The number of carbonyl (C=O) groups excluding carboxylic acids is 1. The molecule has 0 bridgehead atoms. The number of hydrogen-bond acceptors (Lipinski definition) is 3. The smallest absolute Gasteiger partial charge is 0.258 e. The number of nitrogens with zero attached hydrogens (tertiary/aromatic N) is 3. The molecular weight excluding hydrogens is 288 g/mol. The van der Waals surface area contributed by atoms with Crippen molar-refractivity contribution in [2.24, 2.45) is 5.92 Å². The lowest BCUT2D eigenvalue weighted by atomic mass is 10.1. The molecular formula is C18H24N4O. The standard InChI is InChI=1S/C18H24N4O/c1-4-21-8-7-14-5-6-16(9-17(14)21)20-18(23)15-10-19-22(12-15)11-13(2)3/h5-6,9-10,12-13H,4,7-8,11H2,1-3H3,(H,20,23). The summed E-state index contributed by atoms with van der Waals surface area (Å²) < 4.78 is 1.82. The Balaban J connectivity index is 1.72. The Morgan fingerprint density at radius 2 is 2.22 bits per heavy atom. The van der Waals surface area contributed by atoms with Crippen molar-refractivity contribution in [3.05, 3.63) is 41.7 Å². The van der Waals surface area contributed by atoms with Crippen LogP contribution >= 0.6 is 0 Å². The van der Waals surface area contributed by atoms with Crippen molar-refractivity contribution >= 4 is 17.3 Å². The van der Waals surface area contributed by atoms with Crippen LogP contribution < -0.4 is 10.2 Å². The van der Waals surface area contributed by atoms with Gasteiger partial charge in [-0.3, -0.25) is 9.48 Å². The number of anilines is 2. The molecule has 0 radical (unpaired) electrons. The lowest BCUT2D eigenvalue weighted by Gasteiger charge is -2.17. The first-order chi connectivity index (χ1) is 11.1. The number of aromatic nitrogens is 2. The molecule has 3 rings (SSSR count). The van der Waals surface area contributed by atoms with E-state index in [1.165, 1.54) is 11.3 Å². The number of rotatable bonds is 5. The van der Waals surface area contributed by atoms with Crippen molar-refractivity contribution < 1.29 is 4.79 Å². The molecule has 1 aliphatic heterocycles. The Morgan fingerprint density at radius 3 is 2.96 bits per heavy atom. The molecule has 0 spiro atoms. The number of nitrogens with one attached hydrogen (secondary N) is 1. The third kappa shape index (κ3) is 3.38. The SMILES string of the molecule is CCN1CCc2ccc(NC(=O)c3cnn(CC(C)C)c3)cc21. The number of amides is 1. The molecule has 1 N–H and O–H groups in total. The summed E-state index contributed by atoms with van der Waals surface area (Å²) in [5.74, 6) is 0.392. The average molecular weight is 312 g/mol. The van der Waals surface area contributed by atoms with Gasteiger partial charge < -0.3 is 10.2 Å². The quantitative estimate of drug-likeness (QED) is 0.922. The molecule has 0 unspecified atom stereocenters. The third-order valence-electron chi connectivity index (χ3n) is 4.16. The van der Waals surface area contributed by atoms with Crippen molar-refractivity contribution in [2.75, 3.05) is 23.3 Å². The van der Waals surface area contributed by atoms with Crippen LogP contribution in [-0.2, 0) is 13.0 Å². The molecule has 0 saturated carbocycles. The molecule has 23 heavy (non-hydrogen) atoms. The molecule has 0 saturated heterocycles. The Hall–Kier alpha value is -2.30. The molecule has 1 aliphatic rings. The summed E-state index contributed by atoms with van der Waals surface area (Å²) in [6.45, 7) is 9.29. The van der Waals surface area contributed by atoms with Gasteiger partial charge in [0.25, 0.3) is 5.91 Å². The highest BCUT2D eigenvalue weighted by atomic mass is 16.1. The molecule has 122 valence electrons.